The third-order valence-corrected chi connectivity index (χ3v) is 6.40. The lowest BCUT2D eigenvalue weighted by atomic mass is 9.88. The molecule has 2 aromatic rings. The Balaban J connectivity index is 1.82. The van der Waals surface area contributed by atoms with Gasteiger partial charge in [0.25, 0.3) is 17.6 Å². The number of aliphatic hydroxyl groups is 3. The van der Waals surface area contributed by atoms with E-state index in [4.69, 9.17) is 21.1 Å². The van der Waals surface area contributed by atoms with Crippen LogP contribution in [0.2, 0.25) is 5.02 Å². The number of aliphatic carboxylic acids is 1. The van der Waals surface area contributed by atoms with E-state index in [1.54, 1.807) is 0 Å². The summed E-state index contributed by atoms with van der Waals surface area (Å²) in [4.78, 5) is 36.3. The second-order valence-corrected chi connectivity index (χ2v) is 9.35. The fourth-order valence-corrected chi connectivity index (χ4v) is 4.16. The number of benzene rings is 2. The number of hydrogen-bond donors (Lipinski definition) is 6. The summed E-state index contributed by atoms with van der Waals surface area (Å²) in [7, 11) is 0. The molecule has 6 atom stereocenters. The summed E-state index contributed by atoms with van der Waals surface area (Å²) >= 11 is 5.78. The van der Waals surface area contributed by atoms with Crippen molar-refractivity contribution < 1.29 is 57.5 Å². The lowest BCUT2D eigenvalue weighted by Crippen LogP contribution is -2.68. The molecule has 0 aromatic heterocycles. The molecule has 1 fully saturated rings. The number of halogens is 4. The third kappa shape index (κ3) is 7.27. The summed E-state index contributed by atoms with van der Waals surface area (Å²) in [5, 5.41) is 46.8. The van der Waals surface area contributed by atoms with Gasteiger partial charge in [-0.3, -0.25) is 9.59 Å². The molecule has 0 bridgehead atoms. The summed E-state index contributed by atoms with van der Waals surface area (Å²) in [5.74, 6) is -9.11. The van der Waals surface area contributed by atoms with Crippen LogP contribution < -0.4 is 10.6 Å². The standard InChI is InChI=1S/C25H26ClF3N2O9/c26-14-6-4-12(5-7-14)23(36)30-10-17(33)21(35)22-20(31-18(34)9-27)16(32)8-25(40-22,24(37)38)39-11-13-2-1-3-15(28)19(13)29/h1-7,16-17,20-22,32-33,35H,8-11H2,(H,30,36)(H,31,34)(H,37,38)/t16-,17+,20+,21-,22+,25+/m0/s1. The van der Waals surface area contributed by atoms with Crippen LogP contribution >= 0.6 is 11.6 Å². The lowest BCUT2D eigenvalue weighted by Gasteiger charge is -2.46. The molecule has 0 unspecified atom stereocenters. The molecule has 218 valence electrons. The maximum absolute atomic E-state index is 14.1. The highest BCUT2D eigenvalue weighted by Crippen LogP contribution is 2.34. The van der Waals surface area contributed by atoms with Crippen LogP contribution in [-0.2, 0) is 25.7 Å². The molecule has 11 nitrogen and oxygen atoms in total. The summed E-state index contributed by atoms with van der Waals surface area (Å²) in [6, 6.07) is 7.09. The van der Waals surface area contributed by atoms with Crippen LogP contribution in [0, 0.1) is 11.6 Å². The smallest absolute Gasteiger partial charge is 0.364 e. The Labute approximate surface area is 230 Å². The molecule has 0 saturated carbocycles. The van der Waals surface area contributed by atoms with Crippen molar-refractivity contribution in [2.45, 2.75) is 49.3 Å². The number of rotatable bonds is 11. The number of amides is 2. The quantitative estimate of drug-likeness (QED) is 0.220. The van der Waals surface area contributed by atoms with Crippen LogP contribution in [0.15, 0.2) is 42.5 Å². The first kappa shape index (κ1) is 31.3. The summed E-state index contributed by atoms with van der Waals surface area (Å²) in [6.07, 6.45) is -8.67. The highest BCUT2D eigenvalue weighted by molar-refractivity contribution is 6.30. The number of nitrogens with one attached hydrogen (secondary N) is 2. The number of alkyl halides is 1. The zero-order valence-electron chi connectivity index (χ0n) is 20.6. The lowest BCUT2D eigenvalue weighted by molar-refractivity contribution is -0.314. The van der Waals surface area contributed by atoms with Crippen molar-refractivity contribution >= 4 is 29.4 Å². The Kier molecular flexibility index (Phi) is 10.5. The molecule has 3 rings (SSSR count). The van der Waals surface area contributed by atoms with E-state index in [-0.39, 0.29) is 5.56 Å². The summed E-state index contributed by atoms with van der Waals surface area (Å²) in [5.41, 5.74) is -0.236. The van der Waals surface area contributed by atoms with Crippen molar-refractivity contribution in [1.82, 2.24) is 10.6 Å². The van der Waals surface area contributed by atoms with Crippen LogP contribution in [0.4, 0.5) is 13.2 Å². The Morgan fingerprint density at radius 2 is 1.82 bits per heavy atom. The second kappa shape index (κ2) is 13.4. The van der Waals surface area contributed by atoms with Gasteiger partial charge in [0.15, 0.2) is 18.3 Å². The van der Waals surface area contributed by atoms with Gasteiger partial charge in [-0.25, -0.2) is 18.0 Å². The first-order valence-corrected chi connectivity index (χ1v) is 12.2. The topological polar surface area (TPSA) is 175 Å². The SMILES string of the molecule is O=C(CF)N[C@H]1[C@H]([C@@H](O)[C@H](O)CNC(=O)c2ccc(Cl)cc2)O[C@@](OCc2cccc(F)c2F)(C(=O)O)C[C@@H]1O. The second-order valence-electron chi connectivity index (χ2n) is 8.92. The number of ether oxygens (including phenoxy) is 2. The van der Waals surface area contributed by atoms with Crippen molar-refractivity contribution in [3.05, 3.63) is 70.2 Å². The minimum Gasteiger partial charge on any atom is -0.477 e. The van der Waals surface area contributed by atoms with E-state index < -0.39 is 97.5 Å². The fraction of sp³-hybridized carbons (Fsp3) is 0.400. The molecule has 2 aromatic carbocycles. The van der Waals surface area contributed by atoms with Crippen LogP contribution in [0.3, 0.4) is 0 Å². The van der Waals surface area contributed by atoms with Crippen LogP contribution in [-0.4, -0.2) is 87.7 Å². The zero-order chi connectivity index (χ0) is 29.6. The molecule has 1 saturated heterocycles. The van der Waals surface area contributed by atoms with E-state index in [2.05, 4.69) is 5.32 Å². The molecule has 0 spiro atoms. The van der Waals surface area contributed by atoms with Gasteiger partial charge in [0.2, 0.25) is 0 Å². The summed E-state index contributed by atoms with van der Waals surface area (Å²) < 4.78 is 51.4. The molecule has 2 amide bonds. The van der Waals surface area contributed by atoms with Gasteiger partial charge in [-0.1, -0.05) is 23.7 Å². The van der Waals surface area contributed by atoms with Crippen LogP contribution in [0.1, 0.15) is 22.3 Å². The van der Waals surface area contributed by atoms with E-state index in [9.17, 15) is 48.0 Å². The molecule has 15 heteroatoms. The molecular weight excluding hydrogens is 565 g/mol. The average Bonchev–Trinajstić information content (AvgIpc) is 2.93. The predicted molar refractivity (Wildman–Crippen MR) is 131 cm³/mol. The Bertz CT molecular complexity index is 1220. The Morgan fingerprint density at radius 1 is 1.15 bits per heavy atom. The highest BCUT2D eigenvalue weighted by atomic mass is 35.5. The van der Waals surface area contributed by atoms with E-state index in [1.807, 2.05) is 5.32 Å². The van der Waals surface area contributed by atoms with Gasteiger partial charge in [-0.05, 0) is 30.3 Å². The van der Waals surface area contributed by atoms with Gasteiger partial charge >= 0.3 is 5.97 Å². The van der Waals surface area contributed by atoms with Gasteiger partial charge in [0.05, 0.1) is 24.9 Å². The van der Waals surface area contributed by atoms with Gasteiger partial charge < -0.3 is 40.5 Å². The number of carboxylic acids is 1. The molecule has 1 heterocycles. The Hall–Kier alpha value is -3.27. The van der Waals surface area contributed by atoms with Gasteiger partial charge in [0, 0.05) is 29.1 Å². The maximum Gasteiger partial charge on any atom is 0.364 e. The number of carbonyl (C=O) groups excluding carboxylic acids is 2. The number of carbonyl (C=O) groups is 3. The number of hydrogen-bond acceptors (Lipinski definition) is 8. The van der Waals surface area contributed by atoms with Crippen LogP contribution in [0.5, 0.6) is 0 Å². The molecule has 40 heavy (non-hydrogen) atoms. The molecule has 1 aliphatic heterocycles. The molecule has 0 radical (unpaired) electrons. The van der Waals surface area contributed by atoms with Crippen molar-refractivity contribution in [3.8, 4) is 0 Å². The zero-order valence-corrected chi connectivity index (χ0v) is 21.4. The third-order valence-electron chi connectivity index (χ3n) is 6.15. The van der Waals surface area contributed by atoms with E-state index in [0.29, 0.717) is 5.02 Å². The molecular formula is C25H26ClF3N2O9. The van der Waals surface area contributed by atoms with Gasteiger partial charge in [0.1, 0.15) is 12.2 Å². The number of carboxylic acid groups (broad SMARTS) is 1. The molecule has 1 aliphatic rings. The Morgan fingerprint density at radius 3 is 2.45 bits per heavy atom. The largest absolute Gasteiger partial charge is 0.477 e. The highest BCUT2D eigenvalue weighted by Gasteiger charge is 2.56. The number of aliphatic hydroxyl groups excluding tert-OH is 3. The molecule has 0 aliphatic carbocycles. The van der Waals surface area contributed by atoms with Gasteiger partial charge in [-0.2, -0.15) is 0 Å². The minimum absolute atomic E-state index is 0.159. The fourth-order valence-electron chi connectivity index (χ4n) is 4.03. The monoisotopic (exact) mass is 590 g/mol. The van der Waals surface area contributed by atoms with E-state index >= 15 is 0 Å². The first-order valence-electron chi connectivity index (χ1n) is 11.8. The summed E-state index contributed by atoms with van der Waals surface area (Å²) in [6.45, 7) is -3.00. The molecule has 6 N–H and O–H groups in total. The normalized spacial score (nSPS) is 24.1. The van der Waals surface area contributed by atoms with E-state index in [1.165, 1.54) is 24.3 Å². The average molecular weight is 591 g/mol. The van der Waals surface area contributed by atoms with Gasteiger partial charge in [-0.15, -0.1) is 0 Å². The first-order chi connectivity index (χ1) is 18.9. The van der Waals surface area contributed by atoms with E-state index in [0.717, 1.165) is 18.2 Å². The van der Waals surface area contributed by atoms with Crippen molar-refractivity contribution in [3.63, 3.8) is 0 Å². The minimum atomic E-state index is -2.78. The predicted octanol–water partition coefficient (Wildman–Crippen LogP) is 0.672. The maximum atomic E-state index is 14.1. The van der Waals surface area contributed by atoms with Crippen molar-refractivity contribution in [1.29, 1.82) is 0 Å². The van der Waals surface area contributed by atoms with Crippen LogP contribution in [0.25, 0.3) is 0 Å². The van der Waals surface area contributed by atoms with Crippen molar-refractivity contribution in [2.75, 3.05) is 13.2 Å². The van der Waals surface area contributed by atoms with Crippen molar-refractivity contribution in [2.24, 2.45) is 0 Å².